The minimum Gasteiger partial charge on any atom is -0.472 e. The summed E-state index contributed by atoms with van der Waals surface area (Å²) in [5.74, 6) is -3.22. The van der Waals surface area contributed by atoms with E-state index in [1.807, 2.05) is 0 Å². The molecular formula is C14H17F2N3O2. The van der Waals surface area contributed by atoms with E-state index in [0.29, 0.717) is 24.4 Å². The SMILES string of the molecule is CC(F)(F)C(C)(C)C(=O)N1C[C@@H]2C[C@H]1c1cncnc1O2. The van der Waals surface area contributed by atoms with Gasteiger partial charge in [-0.1, -0.05) is 0 Å². The number of carbonyl (C=O) groups is 1. The molecular weight excluding hydrogens is 280 g/mol. The Morgan fingerprint density at radius 1 is 1.43 bits per heavy atom. The van der Waals surface area contributed by atoms with Crippen LogP contribution in [-0.2, 0) is 4.79 Å². The van der Waals surface area contributed by atoms with Gasteiger partial charge in [0.15, 0.2) is 0 Å². The van der Waals surface area contributed by atoms with Crippen LogP contribution < -0.4 is 4.74 Å². The lowest BCUT2D eigenvalue weighted by Crippen LogP contribution is -2.49. The summed E-state index contributed by atoms with van der Waals surface area (Å²) < 4.78 is 33.1. The van der Waals surface area contributed by atoms with Crippen molar-refractivity contribution in [2.75, 3.05) is 6.54 Å². The summed E-state index contributed by atoms with van der Waals surface area (Å²) in [7, 11) is 0. The Morgan fingerprint density at radius 3 is 2.81 bits per heavy atom. The van der Waals surface area contributed by atoms with E-state index in [2.05, 4.69) is 9.97 Å². The average Bonchev–Trinajstić information content (AvgIpc) is 2.75. The first-order valence-electron chi connectivity index (χ1n) is 6.87. The molecule has 1 amide bonds. The van der Waals surface area contributed by atoms with Crippen molar-refractivity contribution in [2.45, 2.75) is 45.3 Å². The molecule has 2 aliphatic rings. The fourth-order valence-corrected chi connectivity index (χ4v) is 2.76. The van der Waals surface area contributed by atoms with Gasteiger partial charge < -0.3 is 9.64 Å². The summed E-state index contributed by atoms with van der Waals surface area (Å²) >= 11 is 0. The molecule has 3 rings (SSSR count). The second-order valence-electron chi connectivity index (χ2n) is 6.25. The van der Waals surface area contributed by atoms with Gasteiger partial charge in [0.1, 0.15) is 17.8 Å². The van der Waals surface area contributed by atoms with Crippen molar-refractivity contribution in [3.05, 3.63) is 18.1 Å². The number of amides is 1. The zero-order valence-corrected chi connectivity index (χ0v) is 12.1. The minimum atomic E-state index is -3.10. The van der Waals surface area contributed by atoms with Crippen LogP contribution in [0, 0.1) is 5.41 Å². The van der Waals surface area contributed by atoms with E-state index < -0.39 is 17.2 Å². The zero-order chi connectivity index (χ0) is 15.4. The second kappa shape index (κ2) is 4.35. The monoisotopic (exact) mass is 297 g/mol. The molecule has 0 saturated carbocycles. The molecule has 1 aromatic rings. The highest BCUT2D eigenvalue weighted by molar-refractivity contribution is 5.84. The molecule has 1 fully saturated rings. The van der Waals surface area contributed by atoms with Crippen LogP contribution in [0.5, 0.6) is 5.88 Å². The standard InChI is InChI=1S/C14H17F2N3O2/c1-13(2,14(3,15)16)12(20)19-6-8-4-10(19)9-5-17-7-18-11(9)21-8/h5,7-8,10H,4,6H2,1-3H3/t8-,10-/m0/s1. The van der Waals surface area contributed by atoms with E-state index in [1.54, 1.807) is 6.20 Å². The predicted molar refractivity (Wildman–Crippen MR) is 69.9 cm³/mol. The fourth-order valence-electron chi connectivity index (χ4n) is 2.76. The van der Waals surface area contributed by atoms with E-state index in [9.17, 15) is 13.6 Å². The van der Waals surface area contributed by atoms with Crippen molar-refractivity contribution >= 4 is 5.91 Å². The Morgan fingerprint density at radius 2 is 2.14 bits per heavy atom. The molecule has 0 unspecified atom stereocenters. The predicted octanol–water partition coefficient (Wildman–Crippen LogP) is 2.19. The van der Waals surface area contributed by atoms with Crippen LogP contribution in [0.15, 0.2) is 12.5 Å². The Bertz CT molecular complexity index is 586. The van der Waals surface area contributed by atoms with Gasteiger partial charge in [-0.05, 0) is 13.8 Å². The van der Waals surface area contributed by atoms with Crippen molar-refractivity contribution in [3.63, 3.8) is 0 Å². The molecule has 3 heterocycles. The summed E-state index contributed by atoms with van der Waals surface area (Å²) in [6.07, 6.45) is 3.37. The van der Waals surface area contributed by atoms with E-state index in [4.69, 9.17) is 4.74 Å². The first-order chi connectivity index (χ1) is 9.72. The summed E-state index contributed by atoms with van der Waals surface area (Å²) in [5.41, 5.74) is -1.07. The van der Waals surface area contributed by atoms with E-state index >= 15 is 0 Å². The van der Waals surface area contributed by atoms with Gasteiger partial charge in [0.25, 0.3) is 5.92 Å². The van der Waals surface area contributed by atoms with E-state index in [0.717, 1.165) is 6.92 Å². The van der Waals surface area contributed by atoms with Gasteiger partial charge in [-0.15, -0.1) is 0 Å². The maximum Gasteiger partial charge on any atom is 0.259 e. The van der Waals surface area contributed by atoms with E-state index in [-0.39, 0.29) is 12.1 Å². The van der Waals surface area contributed by atoms with Gasteiger partial charge in [0, 0.05) is 19.5 Å². The summed E-state index contributed by atoms with van der Waals surface area (Å²) in [5, 5.41) is 0. The Hall–Kier alpha value is -1.79. The highest BCUT2D eigenvalue weighted by atomic mass is 19.3. The third kappa shape index (κ3) is 2.06. The van der Waals surface area contributed by atoms with Crippen LogP contribution in [-0.4, -0.2) is 39.3 Å². The molecule has 5 nitrogen and oxygen atoms in total. The third-order valence-electron chi connectivity index (χ3n) is 4.50. The normalized spacial score (nSPS) is 24.5. The Kier molecular flexibility index (Phi) is 2.93. The highest BCUT2D eigenvalue weighted by Gasteiger charge is 2.54. The quantitative estimate of drug-likeness (QED) is 0.839. The van der Waals surface area contributed by atoms with Crippen LogP contribution in [0.4, 0.5) is 8.78 Å². The molecule has 0 spiro atoms. The van der Waals surface area contributed by atoms with Gasteiger partial charge in [0.2, 0.25) is 11.8 Å². The van der Waals surface area contributed by atoms with Crippen LogP contribution in [0.3, 0.4) is 0 Å². The summed E-state index contributed by atoms with van der Waals surface area (Å²) in [6, 6.07) is -0.283. The number of halogens is 2. The van der Waals surface area contributed by atoms with Gasteiger partial charge in [-0.3, -0.25) is 4.79 Å². The molecule has 7 heteroatoms. The number of alkyl halides is 2. The molecule has 0 aromatic carbocycles. The number of carbonyl (C=O) groups excluding carboxylic acids is 1. The van der Waals surface area contributed by atoms with E-state index in [1.165, 1.54) is 25.1 Å². The number of nitrogens with zero attached hydrogens (tertiary/aromatic N) is 3. The van der Waals surface area contributed by atoms with Crippen molar-refractivity contribution in [1.29, 1.82) is 0 Å². The number of hydrogen-bond donors (Lipinski definition) is 0. The second-order valence-corrected chi connectivity index (χ2v) is 6.25. The average molecular weight is 297 g/mol. The zero-order valence-electron chi connectivity index (χ0n) is 12.1. The molecule has 0 radical (unpaired) electrons. The fraction of sp³-hybridized carbons (Fsp3) is 0.643. The molecule has 1 aromatic heterocycles. The Balaban J connectivity index is 1.94. The maximum atomic E-state index is 13.7. The van der Waals surface area contributed by atoms with Crippen molar-refractivity contribution < 1.29 is 18.3 Å². The molecule has 0 N–H and O–H groups in total. The van der Waals surface area contributed by atoms with Crippen LogP contribution in [0.1, 0.15) is 38.8 Å². The van der Waals surface area contributed by atoms with Crippen molar-refractivity contribution in [1.82, 2.24) is 14.9 Å². The Labute approximate surface area is 121 Å². The van der Waals surface area contributed by atoms with Crippen LogP contribution >= 0.6 is 0 Å². The minimum absolute atomic E-state index is 0.192. The largest absolute Gasteiger partial charge is 0.472 e. The van der Waals surface area contributed by atoms with Gasteiger partial charge in [-0.25, -0.2) is 18.7 Å². The maximum absolute atomic E-state index is 13.7. The summed E-state index contributed by atoms with van der Waals surface area (Å²) in [6.45, 7) is 3.64. The number of likely N-dealkylation sites (tertiary alicyclic amines) is 1. The number of fused-ring (bicyclic) bond motifs is 4. The van der Waals surface area contributed by atoms with Crippen LogP contribution in [0.25, 0.3) is 0 Å². The first-order valence-corrected chi connectivity index (χ1v) is 6.87. The third-order valence-corrected chi connectivity index (χ3v) is 4.50. The topological polar surface area (TPSA) is 55.3 Å². The lowest BCUT2D eigenvalue weighted by Gasteiger charge is -2.36. The molecule has 2 bridgehead atoms. The van der Waals surface area contributed by atoms with Crippen molar-refractivity contribution in [2.24, 2.45) is 5.41 Å². The van der Waals surface area contributed by atoms with Gasteiger partial charge in [-0.2, -0.15) is 0 Å². The molecule has 1 saturated heterocycles. The van der Waals surface area contributed by atoms with Crippen LogP contribution in [0.2, 0.25) is 0 Å². The molecule has 114 valence electrons. The summed E-state index contributed by atoms with van der Waals surface area (Å²) in [4.78, 5) is 22.1. The lowest BCUT2D eigenvalue weighted by atomic mass is 9.84. The lowest BCUT2D eigenvalue weighted by molar-refractivity contribution is -0.163. The number of rotatable bonds is 2. The first kappa shape index (κ1) is 14.2. The highest BCUT2D eigenvalue weighted by Crippen LogP contribution is 2.46. The molecule has 0 aliphatic carbocycles. The molecule has 2 atom stereocenters. The number of hydrogen-bond acceptors (Lipinski definition) is 4. The molecule has 21 heavy (non-hydrogen) atoms. The van der Waals surface area contributed by atoms with Gasteiger partial charge in [0.05, 0.1) is 18.2 Å². The van der Waals surface area contributed by atoms with Gasteiger partial charge >= 0.3 is 0 Å². The smallest absolute Gasteiger partial charge is 0.259 e. The number of aromatic nitrogens is 2. The number of ether oxygens (including phenoxy) is 1. The molecule has 2 aliphatic heterocycles. The van der Waals surface area contributed by atoms with Crippen molar-refractivity contribution in [3.8, 4) is 5.88 Å².